The number of hydrogen-bond acceptors (Lipinski definition) is 4. The molecule has 1 amide bonds. The predicted molar refractivity (Wildman–Crippen MR) is 84.3 cm³/mol. The molecule has 1 aliphatic heterocycles. The highest BCUT2D eigenvalue weighted by Gasteiger charge is 2.25. The number of amides is 1. The van der Waals surface area contributed by atoms with Gasteiger partial charge in [-0.3, -0.25) is 4.79 Å². The standard InChI is InChI=1S/C16H16BrNO4/c1-16(2,8-18-15(19)12-5-6-14(17)22-12)10-3-4-11-13(7-10)21-9-20-11/h3-7H,8-9H2,1-2H3,(H,18,19). The Hall–Kier alpha value is -1.95. The molecule has 1 N–H and O–H groups in total. The van der Waals surface area contributed by atoms with Gasteiger partial charge in [-0.2, -0.15) is 0 Å². The van der Waals surface area contributed by atoms with Crippen LogP contribution in [0.15, 0.2) is 39.4 Å². The SMILES string of the molecule is CC(C)(CNC(=O)c1ccc(Br)o1)c1ccc2c(c1)OCO2. The van der Waals surface area contributed by atoms with Gasteiger partial charge >= 0.3 is 0 Å². The summed E-state index contributed by atoms with van der Waals surface area (Å²) in [6.45, 7) is 4.85. The largest absolute Gasteiger partial charge is 0.454 e. The van der Waals surface area contributed by atoms with Crippen molar-refractivity contribution in [2.24, 2.45) is 0 Å². The highest BCUT2D eigenvalue weighted by molar-refractivity contribution is 9.10. The lowest BCUT2D eigenvalue weighted by molar-refractivity contribution is 0.0916. The average Bonchev–Trinajstić information content (AvgIpc) is 3.12. The smallest absolute Gasteiger partial charge is 0.287 e. The Morgan fingerprint density at radius 3 is 2.73 bits per heavy atom. The lowest BCUT2D eigenvalue weighted by Crippen LogP contribution is -2.36. The third-order valence-electron chi connectivity index (χ3n) is 3.64. The quantitative estimate of drug-likeness (QED) is 0.900. The van der Waals surface area contributed by atoms with Crippen molar-refractivity contribution in [1.29, 1.82) is 0 Å². The second-order valence-corrected chi connectivity index (χ2v) is 6.52. The second-order valence-electron chi connectivity index (χ2n) is 5.74. The van der Waals surface area contributed by atoms with Crippen molar-refractivity contribution >= 4 is 21.8 Å². The number of nitrogens with one attached hydrogen (secondary N) is 1. The zero-order valence-electron chi connectivity index (χ0n) is 12.3. The molecule has 0 fully saturated rings. The molecule has 2 aromatic rings. The van der Waals surface area contributed by atoms with E-state index in [2.05, 4.69) is 35.1 Å². The molecule has 3 rings (SSSR count). The number of fused-ring (bicyclic) bond motifs is 1. The van der Waals surface area contributed by atoms with Crippen molar-refractivity contribution in [3.05, 3.63) is 46.3 Å². The first-order chi connectivity index (χ1) is 10.5. The van der Waals surface area contributed by atoms with E-state index in [1.807, 2.05) is 18.2 Å². The van der Waals surface area contributed by atoms with E-state index < -0.39 is 0 Å². The van der Waals surface area contributed by atoms with Crippen LogP contribution < -0.4 is 14.8 Å². The summed E-state index contributed by atoms with van der Waals surface area (Å²) >= 11 is 3.18. The van der Waals surface area contributed by atoms with Crippen molar-refractivity contribution in [2.75, 3.05) is 13.3 Å². The van der Waals surface area contributed by atoms with Crippen molar-refractivity contribution in [1.82, 2.24) is 5.32 Å². The minimum atomic E-state index is -0.250. The number of halogens is 1. The van der Waals surface area contributed by atoms with Gasteiger partial charge in [0.2, 0.25) is 6.79 Å². The highest BCUT2D eigenvalue weighted by Crippen LogP contribution is 2.36. The maximum Gasteiger partial charge on any atom is 0.287 e. The molecule has 5 nitrogen and oxygen atoms in total. The molecule has 0 spiro atoms. The van der Waals surface area contributed by atoms with Crippen LogP contribution in [0.3, 0.4) is 0 Å². The molecule has 6 heteroatoms. The molecule has 1 aromatic heterocycles. The van der Waals surface area contributed by atoms with E-state index in [9.17, 15) is 4.79 Å². The minimum absolute atomic E-state index is 0.237. The van der Waals surface area contributed by atoms with Gasteiger partial charge in [-0.05, 0) is 45.8 Å². The number of benzene rings is 1. The molecule has 0 unspecified atom stereocenters. The van der Waals surface area contributed by atoms with Crippen LogP contribution in [0.1, 0.15) is 30.0 Å². The lowest BCUT2D eigenvalue weighted by atomic mass is 9.84. The average molecular weight is 366 g/mol. The van der Waals surface area contributed by atoms with E-state index in [0.717, 1.165) is 17.1 Å². The van der Waals surface area contributed by atoms with E-state index in [0.29, 0.717) is 11.2 Å². The Bertz CT molecular complexity index is 708. The summed E-state index contributed by atoms with van der Waals surface area (Å²) in [5, 5.41) is 2.89. The third-order valence-corrected chi connectivity index (χ3v) is 4.07. The predicted octanol–water partition coefficient (Wildman–Crippen LogP) is 3.48. The van der Waals surface area contributed by atoms with Crippen molar-refractivity contribution in [2.45, 2.75) is 19.3 Å². The van der Waals surface area contributed by atoms with Gasteiger partial charge in [0.1, 0.15) is 0 Å². The lowest BCUT2D eigenvalue weighted by Gasteiger charge is -2.25. The normalized spacial score (nSPS) is 13.2. The van der Waals surface area contributed by atoms with Gasteiger partial charge in [0.25, 0.3) is 5.91 Å². The highest BCUT2D eigenvalue weighted by atomic mass is 79.9. The van der Waals surface area contributed by atoms with Gasteiger partial charge in [-0.25, -0.2) is 0 Å². The first kappa shape index (κ1) is 15.0. The Kier molecular flexibility index (Phi) is 3.87. The Morgan fingerprint density at radius 1 is 1.23 bits per heavy atom. The van der Waals surface area contributed by atoms with Gasteiger partial charge < -0.3 is 19.2 Å². The number of hydrogen-bond donors (Lipinski definition) is 1. The fourth-order valence-corrected chi connectivity index (χ4v) is 2.55. The Balaban J connectivity index is 1.69. The minimum Gasteiger partial charge on any atom is -0.454 e. The molecule has 0 aliphatic carbocycles. The van der Waals surface area contributed by atoms with Crippen LogP contribution in [0.5, 0.6) is 11.5 Å². The molecule has 1 aromatic carbocycles. The molecule has 0 radical (unpaired) electrons. The Labute approximate surface area is 136 Å². The molecule has 1 aliphatic rings. The number of ether oxygens (including phenoxy) is 2. The van der Waals surface area contributed by atoms with Crippen LogP contribution in [0.4, 0.5) is 0 Å². The number of furan rings is 1. The van der Waals surface area contributed by atoms with E-state index in [1.54, 1.807) is 12.1 Å². The van der Waals surface area contributed by atoms with Crippen molar-refractivity contribution < 1.29 is 18.7 Å². The third kappa shape index (κ3) is 2.97. The molecule has 0 saturated heterocycles. The molecule has 0 bridgehead atoms. The topological polar surface area (TPSA) is 60.7 Å². The van der Waals surface area contributed by atoms with Crippen LogP contribution >= 0.6 is 15.9 Å². The van der Waals surface area contributed by atoms with Gasteiger partial charge in [0.15, 0.2) is 21.9 Å². The maximum absolute atomic E-state index is 12.1. The van der Waals surface area contributed by atoms with E-state index in [4.69, 9.17) is 13.9 Å². The first-order valence-electron chi connectivity index (χ1n) is 6.89. The first-order valence-corrected chi connectivity index (χ1v) is 7.69. The van der Waals surface area contributed by atoms with Crippen molar-refractivity contribution in [3.63, 3.8) is 0 Å². The molecule has 2 heterocycles. The summed E-state index contributed by atoms with van der Waals surface area (Å²) in [5.74, 6) is 1.55. The molecule has 0 atom stereocenters. The van der Waals surface area contributed by atoms with Crippen LogP contribution in [0.2, 0.25) is 0 Å². The number of rotatable bonds is 4. The van der Waals surface area contributed by atoms with E-state index in [-0.39, 0.29) is 23.9 Å². The fourth-order valence-electron chi connectivity index (χ4n) is 2.24. The fraction of sp³-hybridized carbons (Fsp3) is 0.312. The summed E-state index contributed by atoms with van der Waals surface area (Å²) in [5.41, 5.74) is 0.818. The maximum atomic E-state index is 12.1. The molecule has 22 heavy (non-hydrogen) atoms. The van der Waals surface area contributed by atoms with E-state index >= 15 is 0 Å². The Morgan fingerprint density at radius 2 is 2.00 bits per heavy atom. The van der Waals surface area contributed by atoms with Crippen LogP contribution in [-0.4, -0.2) is 19.2 Å². The van der Waals surface area contributed by atoms with Gasteiger partial charge in [0, 0.05) is 12.0 Å². The van der Waals surface area contributed by atoms with Crippen LogP contribution in [-0.2, 0) is 5.41 Å². The summed E-state index contributed by atoms with van der Waals surface area (Å²) < 4.78 is 16.5. The zero-order valence-corrected chi connectivity index (χ0v) is 13.9. The molecule has 0 saturated carbocycles. The number of carbonyl (C=O) groups is 1. The second kappa shape index (κ2) is 5.68. The van der Waals surface area contributed by atoms with Crippen LogP contribution in [0.25, 0.3) is 0 Å². The molecular weight excluding hydrogens is 350 g/mol. The number of carbonyl (C=O) groups excluding carboxylic acids is 1. The van der Waals surface area contributed by atoms with Gasteiger partial charge in [-0.1, -0.05) is 19.9 Å². The zero-order chi connectivity index (χ0) is 15.7. The molecular formula is C16H16BrNO4. The van der Waals surface area contributed by atoms with E-state index in [1.165, 1.54) is 0 Å². The monoisotopic (exact) mass is 365 g/mol. The van der Waals surface area contributed by atoms with Crippen LogP contribution in [0, 0.1) is 0 Å². The summed E-state index contributed by atoms with van der Waals surface area (Å²) in [7, 11) is 0. The van der Waals surface area contributed by atoms with Crippen molar-refractivity contribution in [3.8, 4) is 11.5 Å². The van der Waals surface area contributed by atoms with Gasteiger partial charge in [0.05, 0.1) is 0 Å². The molecule has 116 valence electrons. The summed E-state index contributed by atoms with van der Waals surface area (Å²) in [4.78, 5) is 12.1. The summed E-state index contributed by atoms with van der Waals surface area (Å²) in [6, 6.07) is 9.16. The van der Waals surface area contributed by atoms with Gasteiger partial charge in [-0.15, -0.1) is 0 Å². The summed E-state index contributed by atoms with van der Waals surface area (Å²) in [6.07, 6.45) is 0.